The van der Waals surface area contributed by atoms with Crippen LogP contribution in [0.5, 0.6) is 5.75 Å². The Morgan fingerprint density at radius 3 is 2.39 bits per heavy atom. The van der Waals surface area contributed by atoms with Crippen LogP contribution in [0.15, 0.2) is 92.9 Å². The maximum absolute atomic E-state index is 13.6. The maximum atomic E-state index is 13.6. The molecule has 0 atom stereocenters. The van der Waals surface area contributed by atoms with E-state index < -0.39 is 17.2 Å². The number of benzene rings is 3. The smallest absolute Gasteiger partial charge is 0.332 e. The predicted octanol–water partition coefficient (Wildman–Crippen LogP) is 4.19. The van der Waals surface area contributed by atoms with Gasteiger partial charge in [0.05, 0.1) is 6.61 Å². The van der Waals surface area contributed by atoms with Gasteiger partial charge in [-0.3, -0.25) is 18.7 Å². The molecule has 5 aromatic rings. The van der Waals surface area contributed by atoms with Crippen LogP contribution in [0.3, 0.4) is 0 Å². The van der Waals surface area contributed by atoms with Crippen LogP contribution in [0, 0.1) is 0 Å². The Bertz CT molecular complexity index is 1650. The van der Waals surface area contributed by atoms with Gasteiger partial charge in [0.25, 0.3) is 5.56 Å². The highest BCUT2D eigenvalue weighted by molar-refractivity contribution is 6.03. The quantitative estimate of drug-likeness (QED) is 0.357. The topological polar surface area (TPSA) is 95.5 Å². The fourth-order valence-electron chi connectivity index (χ4n) is 4.27. The predicted molar refractivity (Wildman–Crippen MR) is 139 cm³/mol. The summed E-state index contributed by atoms with van der Waals surface area (Å²) in [6.45, 7) is 2.32. The third-order valence-electron chi connectivity index (χ3n) is 5.96. The maximum Gasteiger partial charge on any atom is 0.332 e. The molecule has 2 aromatic heterocycles. The number of fused-ring (bicyclic) bond motifs is 3. The number of carbonyl (C=O) groups excluding carboxylic acids is 1. The van der Waals surface area contributed by atoms with Gasteiger partial charge in [-0.05, 0) is 55.3 Å². The van der Waals surface area contributed by atoms with Crippen molar-refractivity contribution in [3.05, 3.63) is 105 Å². The lowest BCUT2D eigenvalue weighted by Crippen LogP contribution is -2.41. The zero-order valence-corrected chi connectivity index (χ0v) is 19.8. The van der Waals surface area contributed by atoms with Crippen LogP contribution < -0.4 is 21.3 Å². The van der Waals surface area contributed by atoms with Crippen LogP contribution in [0.1, 0.15) is 12.5 Å². The van der Waals surface area contributed by atoms with Crippen molar-refractivity contribution in [2.45, 2.75) is 26.4 Å². The number of anilines is 1. The van der Waals surface area contributed by atoms with Crippen LogP contribution in [-0.4, -0.2) is 21.6 Å². The highest BCUT2D eigenvalue weighted by atomic mass is 16.5. The Balaban J connectivity index is 1.53. The summed E-state index contributed by atoms with van der Waals surface area (Å²) in [5.41, 5.74) is 1.35. The van der Waals surface area contributed by atoms with Gasteiger partial charge in [0.15, 0.2) is 0 Å². The zero-order chi connectivity index (χ0) is 25.1. The van der Waals surface area contributed by atoms with Crippen molar-refractivity contribution in [3.63, 3.8) is 0 Å². The fourth-order valence-corrected chi connectivity index (χ4v) is 4.27. The molecule has 8 nitrogen and oxygen atoms in total. The number of amides is 1. The molecule has 8 heteroatoms. The number of nitrogens with zero attached hydrogens (tertiary/aromatic N) is 2. The molecular formula is C28H25N3O5. The Morgan fingerprint density at radius 1 is 0.917 bits per heavy atom. The fraction of sp³-hybridized carbons (Fsp3) is 0.179. The van der Waals surface area contributed by atoms with Gasteiger partial charge in [-0.15, -0.1) is 0 Å². The molecule has 3 aromatic carbocycles. The summed E-state index contributed by atoms with van der Waals surface area (Å²) in [6, 6.07) is 23.7. The SMILES string of the molecule is CCOc1ccc(NC(=O)Cn2c(=O)n(CCc3ccccc3)c(=O)c3oc4ccccc4c32)cc1. The highest BCUT2D eigenvalue weighted by Gasteiger charge is 2.21. The molecule has 0 fully saturated rings. The van der Waals surface area contributed by atoms with E-state index in [-0.39, 0.29) is 18.7 Å². The number of hydrogen-bond donors (Lipinski definition) is 1. The average Bonchev–Trinajstić information content (AvgIpc) is 3.28. The van der Waals surface area contributed by atoms with Gasteiger partial charge in [-0.2, -0.15) is 0 Å². The Kier molecular flexibility index (Phi) is 6.40. The average molecular weight is 484 g/mol. The van der Waals surface area contributed by atoms with Crippen LogP contribution in [0.2, 0.25) is 0 Å². The summed E-state index contributed by atoms with van der Waals surface area (Å²) in [5, 5.41) is 3.41. The third kappa shape index (κ3) is 4.53. The molecule has 0 aliphatic rings. The van der Waals surface area contributed by atoms with E-state index in [0.717, 1.165) is 10.1 Å². The summed E-state index contributed by atoms with van der Waals surface area (Å²) in [6.07, 6.45) is 0.486. The van der Waals surface area contributed by atoms with Gasteiger partial charge < -0.3 is 14.5 Å². The van der Waals surface area contributed by atoms with E-state index in [0.29, 0.717) is 41.0 Å². The van der Waals surface area contributed by atoms with E-state index in [1.54, 1.807) is 48.5 Å². The molecule has 0 spiro atoms. The minimum absolute atomic E-state index is 0.0535. The highest BCUT2D eigenvalue weighted by Crippen LogP contribution is 2.25. The van der Waals surface area contributed by atoms with Gasteiger partial charge in [0.2, 0.25) is 11.5 Å². The van der Waals surface area contributed by atoms with Crippen molar-refractivity contribution in [1.82, 2.24) is 9.13 Å². The molecule has 0 bridgehead atoms. The Labute approximate surface area is 206 Å². The van der Waals surface area contributed by atoms with Gasteiger partial charge in [-0.1, -0.05) is 42.5 Å². The van der Waals surface area contributed by atoms with Crippen LogP contribution in [0.4, 0.5) is 5.69 Å². The van der Waals surface area contributed by atoms with Crippen molar-refractivity contribution in [2.24, 2.45) is 0 Å². The normalized spacial score (nSPS) is 11.1. The van der Waals surface area contributed by atoms with Crippen molar-refractivity contribution in [1.29, 1.82) is 0 Å². The Hall–Kier alpha value is -4.59. The van der Waals surface area contributed by atoms with E-state index in [1.807, 2.05) is 37.3 Å². The number of hydrogen-bond acceptors (Lipinski definition) is 5. The number of ether oxygens (including phenoxy) is 1. The molecule has 0 aliphatic heterocycles. The standard InChI is InChI=1S/C28H25N3O5/c1-2-35-21-14-12-20(13-15-21)29-24(32)18-31-25-22-10-6-7-11-23(22)36-26(25)27(33)30(28(31)34)17-16-19-8-4-3-5-9-19/h3-15H,2,16-18H2,1H3,(H,29,32). The van der Waals surface area contributed by atoms with Crippen LogP contribution >= 0.6 is 0 Å². The number of aromatic nitrogens is 2. The summed E-state index contributed by atoms with van der Waals surface area (Å²) in [5.74, 6) is 0.296. The molecule has 1 amide bonds. The van der Waals surface area contributed by atoms with Crippen LogP contribution in [0.25, 0.3) is 22.1 Å². The molecule has 0 saturated carbocycles. The molecule has 182 valence electrons. The molecule has 0 saturated heterocycles. The van der Waals surface area contributed by atoms with E-state index in [1.165, 1.54) is 4.57 Å². The lowest BCUT2D eigenvalue weighted by Gasteiger charge is -2.12. The second-order valence-corrected chi connectivity index (χ2v) is 8.34. The summed E-state index contributed by atoms with van der Waals surface area (Å²) >= 11 is 0. The minimum Gasteiger partial charge on any atom is -0.494 e. The molecule has 0 radical (unpaired) electrons. The van der Waals surface area contributed by atoms with Crippen molar-refractivity contribution >= 4 is 33.7 Å². The number of carbonyl (C=O) groups is 1. The lowest BCUT2D eigenvalue weighted by molar-refractivity contribution is -0.116. The summed E-state index contributed by atoms with van der Waals surface area (Å²) < 4.78 is 13.8. The van der Waals surface area contributed by atoms with Crippen molar-refractivity contribution in [2.75, 3.05) is 11.9 Å². The first-order valence-electron chi connectivity index (χ1n) is 11.8. The Morgan fingerprint density at radius 2 is 1.64 bits per heavy atom. The zero-order valence-electron chi connectivity index (χ0n) is 19.8. The van der Waals surface area contributed by atoms with Gasteiger partial charge in [-0.25, -0.2) is 4.79 Å². The van der Waals surface area contributed by atoms with E-state index in [2.05, 4.69) is 5.32 Å². The molecule has 0 aliphatic carbocycles. The molecule has 36 heavy (non-hydrogen) atoms. The second kappa shape index (κ2) is 9.95. The first-order valence-corrected chi connectivity index (χ1v) is 11.8. The largest absolute Gasteiger partial charge is 0.494 e. The van der Waals surface area contributed by atoms with E-state index >= 15 is 0 Å². The molecule has 1 N–H and O–H groups in total. The molecule has 5 rings (SSSR count). The molecule has 2 heterocycles. The minimum atomic E-state index is -0.558. The van der Waals surface area contributed by atoms with E-state index in [4.69, 9.17) is 9.15 Å². The van der Waals surface area contributed by atoms with E-state index in [9.17, 15) is 14.4 Å². The molecular weight excluding hydrogens is 458 g/mol. The first-order chi connectivity index (χ1) is 17.5. The molecule has 0 unspecified atom stereocenters. The number of nitrogens with one attached hydrogen (secondary N) is 1. The first kappa shape index (κ1) is 23.2. The summed E-state index contributed by atoms with van der Waals surface area (Å²) in [4.78, 5) is 39.9. The van der Waals surface area contributed by atoms with Gasteiger partial charge in [0, 0.05) is 17.6 Å². The lowest BCUT2D eigenvalue weighted by atomic mass is 10.1. The second-order valence-electron chi connectivity index (χ2n) is 8.34. The number of para-hydroxylation sites is 1. The third-order valence-corrected chi connectivity index (χ3v) is 5.96. The number of furan rings is 1. The van der Waals surface area contributed by atoms with Gasteiger partial charge >= 0.3 is 5.69 Å². The monoisotopic (exact) mass is 483 g/mol. The number of aryl methyl sites for hydroxylation is 1. The summed E-state index contributed by atoms with van der Waals surface area (Å²) in [7, 11) is 0. The van der Waals surface area contributed by atoms with Crippen molar-refractivity contribution in [3.8, 4) is 5.75 Å². The number of rotatable bonds is 8. The van der Waals surface area contributed by atoms with Crippen LogP contribution in [-0.2, 0) is 24.3 Å². The van der Waals surface area contributed by atoms with Crippen molar-refractivity contribution < 1.29 is 13.9 Å². The van der Waals surface area contributed by atoms with Gasteiger partial charge in [0.1, 0.15) is 23.4 Å².